The number of nitrogens with zero attached hydrogens (tertiary/aromatic N) is 3. The molecule has 1 N–H and O–H groups in total. The van der Waals surface area contributed by atoms with Crippen LogP contribution in [0.25, 0.3) is 0 Å². The second-order valence-electron chi connectivity index (χ2n) is 7.21. The van der Waals surface area contributed by atoms with Gasteiger partial charge in [-0.15, -0.1) is 0 Å². The highest BCUT2D eigenvalue weighted by Crippen LogP contribution is 2.32. The maximum absolute atomic E-state index is 4.49. The molecule has 1 saturated carbocycles. The monoisotopic (exact) mass is 310 g/mol. The number of rotatable bonds is 4. The third kappa shape index (κ3) is 3.00. The summed E-state index contributed by atoms with van der Waals surface area (Å²) in [6.07, 6.45) is 4.06. The summed E-state index contributed by atoms with van der Waals surface area (Å²) in [7, 11) is 2.00. The van der Waals surface area contributed by atoms with Crippen molar-refractivity contribution in [1.29, 1.82) is 0 Å². The van der Waals surface area contributed by atoms with Crippen molar-refractivity contribution in [2.45, 2.75) is 39.7 Å². The molecule has 1 aliphatic heterocycles. The zero-order chi connectivity index (χ0) is 16.0. The van der Waals surface area contributed by atoms with Gasteiger partial charge < -0.3 is 5.32 Å². The highest BCUT2D eigenvalue weighted by molar-refractivity contribution is 5.65. The molecule has 23 heavy (non-hydrogen) atoms. The van der Waals surface area contributed by atoms with E-state index in [9.17, 15) is 0 Å². The lowest BCUT2D eigenvalue weighted by molar-refractivity contribution is 0.244. The van der Waals surface area contributed by atoms with Gasteiger partial charge in [-0.3, -0.25) is 9.58 Å². The molecule has 1 fully saturated rings. The Balaban J connectivity index is 1.54. The van der Waals surface area contributed by atoms with Gasteiger partial charge in [0.2, 0.25) is 0 Å². The molecule has 122 valence electrons. The van der Waals surface area contributed by atoms with Crippen LogP contribution in [0.5, 0.6) is 0 Å². The standard InChI is InChI=1S/C19H26N4/c1-13-19(14(2)22(3)21-13)20-18-7-6-16-8-9-23(11-15-4-5-15)12-17(16)10-18/h6-7,10,15,20H,4-5,8-9,11-12H2,1-3H3. The molecule has 2 aliphatic rings. The normalized spacial score (nSPS) is 18.0. The zero-order valence-corrected chi connectivity index (χ0v) is 14.4. The molecule has 1 aromatic heterocycles. The molecule has 0 atom stereocenters. The zero-order valence-electron chi connectivity index (χ0n) is 14.4. The smallest absolute Gasteiger partial charge is 0.0831 e. The van der Waals surface area contributed by atoms with Gasteiger partial charge in [0.1, 0.15) is 0 Å². The lowest BCUT2D eigenvalue weighted by Crippen LogP contribution is -2.32. The van der Waals surface area contributed by atoms with Crippen LogP contribution >= 0.6 is 0 Å². The van der Waals surface area contributed by atoms with Gasteiger partial charge in [0.25, 0.3) is 0 Å². The molecule has 0 spiro atoms. The molecular weight excluding hydrogens is 284 g/mol. The third-order valence-corrected chi connectivity index (χ3v) is 5.29. The number of aromatic nitrogens is 2. The van der Waals surface area contributed by atoms with E-state index in [0.29, 0.717) is 0 Å². The van der Waals surface area contributed by atoms with Gasteiger partial charge in [0.05, 0.1) is 17.1 Å². The number of hydrogen-bond donors (Lipinski definition) is 1. The predicted molar refractivity (Wildman–Crippen MR) is 94.1 cm³/mol. The van der Waals surface area contributed by atoms with Gasteiger partial charge in [0.15, 0.2) is 0 Å². The maximum Gasteiger partial charge on any atom is 0.0831 e. The van der Waals surface area contributed by atoms with Crippen LogP contribution in [0.3, 0.4) is 0 Å². The Morgan fingerprint density at radius 1 is 1.22 bits per heavy atom. The second kappa shape index (κ2) is 5.68. The van der Waals surface area contributed by atoms with Crippen LogP contribution in [-0.4, -0.2) is 27.8 Å². The summed E-state index contributed by atoms with van der Waals surface area (Å²) < 4.78 is 1.94. The molecule has 4 heteroatoms. The maximum atomic E-state index is 4.49. The molecular formula is C19H26N4. The molecule has 0 saturated heterocycles. The fourth-order valence-corrected chi connectivity index (χ4v) is 3.61. The second-order valence-corrected chi connectivity index (χ2v) is 7.21. The predicted octanol–water partition coefficient (Wildman–Crippen LogP) is 3.55. The summed E-state index contributed by atoms with van der Waals surface area (Å²) in [4.78, 5) is 2.63. The Labute approximate surface area is 138 Å². The Hall–Kier alpha value is -1.81. The first kappa shape index (κ1) is 14.8. The summed E-state index contributed by atoms with van der Waals surface area (Å²) in [5, 5.41) is 8.07. The highest BCUT2D eigenvalue weighted by Gasteiger charge is 2.26. The van der Waals surface area contributed by atoms with Crippen LogP contribution in [-0.2, 0) is 20.0 Å². The number of benzene rings is 1. The van der Waals surface area contributed by atoms with Crippen molar-refractivity contribution in [3.8, 4) is 0 Å². The van der Waals surface area contributed by atoms with E-state index in [1.54, 1.807) is 0 Å². The van der Waals surface area contributed by atoms with Gasteiger partial charge in [-0.2, -0.15) is 5.10 Å². The Morgan fingerprint density at radius 3 is 2.74 bits per heavy atom. The minimum atomic E-state index is 0.971. The number of aryl methyl sites for hydroxylation is 2. The van der Waals surface area contributed by atoms with E-state index < -0.39 is 0 Å². The molecule has 1 aliphatic carbocycles. The van der Waals surface area contributed by atoms with E-state index in [-0.39, 0.29) is 0 Å². The van der Waals surface area contributed by atoms with E-state index in [2.05, 4.69) is 47.4 Å². The van der Waals surface area contributed by atoms with E-state index in [4.69, 9.17) is 0 Å². The van der Waals surface area contributed by atoms with Crippen molar-refractivity contribution in [3.63, 3.8) is 0 Å². The largest absolute Gasteiger partial charge is 0.353 e. The van der Waals surface area contributed by atoms with Crippen LogP contribution in [0.1, 0.15) is 35.4 Å². The van der Waals surface area contributed by atoms with Crippen molar-refractivity contribution in [1.82, 2.24) is 14.7 Å². The van der Waals surface area contributed by atoms with E-state index >= 15 is 0 Å². The third-order valence-electron chi connectivity index (χ3n) is 5.29. The Bertz CT molecular complexity index is 727. The Kier molecular flexibility index (Phi) is 3.64. The van der Waals surface area contributed by atoms with Crippen LogP contribution in [0.4, 0.5) is 11.4 Å². The fraction of sp³-hybridized carbons (Fsp3) is 0.526. The number of hydrogen-bond acceptors (Lipinski definition) is 3. The van der Waals surface area contributed by atoms with Crippen LogP contribution in [0.15, 0.2) is 18.2 Å². The average Bonchev–Trinajstić information content (AvgIpc) is 3.31. The molecule has 4 rings (SSSR count). The molecule has 2 heterocycles. The minimum absolute atomic E-state index is 0.971. The van der Waals surface area contributed by atoms with Gasteiger partial charge in [-0.25, -0.2) is 0 Å². The highest BCUT2D eigenvalue weighted by atomic mass is 15.3. The molecule has 0 amide bonds. The van der Waals surface area contributed by atoms with E-state index in [0.717, 1.165) is 23.8 Å². The summed E-state index contributed by atoms with van der Waals surface area (Å²) in [5.41, 5.74) is 7.55. The minimum Gasteiger partial charge on any atom is -0.353 e. The average molecular weight is 310 g/mol. The van der Waals surface area contributed by atoms with Gasteiger partial charge in [0, 0.05) is 32.4 Å². The first-order chi connectivity index (χ1) is 11.1. The van der Waals surface area contributed by atoms with Gasteiger partial charge in [-0.05, 0) is 62.3 Å². The number of nitrogens with one attached hydrogen (secondary N) is 1. The molecule has 4 nitrogen and oxygen atoms in total. The lowest BCUT2D eigenvalue weighted by Gasteiger charge is -2.29. The van der Waals surface area contributed by atoms with Crippen LogP contribution < -0.4 is 5.32 Å². The number of anilines is 2. The van der Waals surface area contributed by atoms with Gasteiger partial charge in [-0.1, -0.05) is 6.07 Å². The molecule has 2 aromatic rings. The first-order valence-electron chi connectivity index (χ1n) is 8.71. The summed E-state index contributed by atoms with van der Waals surface area (Å²) >= 11 is 0. The SMILES string of the molecule is Cc1nn(C)c(C)c1Nc1ccc2c(c1)CN(CC1CC1)CC2. The topological polar surface area (TPSA) is 33.1 Å². The van der Waals surface area contributed by atoms with Crippen molar-refractivity contribution in [3.05, 3.63) is 40.7 Å². The van der Waals surface area contributed by atoms with Crippen molar-refractivity contribution in [2.75, 3.05) is 18.4 Å². The van der Waals surface area contributed by atoms with Crippen molar-refractivity contribution in [2.24, 2.45) is 13.0 Å². The summed E-state index contributed by atoms with van der Waals surface area (Å²) in [6.45, 7) is 7.78. The first-order valence-corrected chi connectivity index (χ1v) is 8.71. The van der Waals surface area contributed by atoms with E-state index in [1.807, 2.05) is 11.7 Å². The molecule has 0 unspecified atom stereocenters. The van der Waals surface area contributed by atoms with Crippen molar-refractivity contribution < 1.29 is 0 Å². The molecule has 1 aromatic carbocycles. The summed E-state index contributed by atoms with van der Waals surface area (Å²) in [6, 6.07) is 6.84. The van der Waals surface area contributed by atoms with Crippen LogP contribution in [0.2, 0.25) is 0 Å². The summed E-state index contributed by atoms with van der Waals surface area (Å²) in [5.74, 6) is 0.971. The van der Waals surface area contributed by atoms with Crippen LogP contribution in [0, 0.1) is 19.8 Å². The fourth-order valence-electron chi connectivity index (χ4n) is 3.61. The Morgan fingerprint density at radius 2 is 2.04 bits per heavy atom. The molecule has 0 radical (unpaired) electrons. The van der Waals surface area contributed by atoms with Crippen molar-refractivity contribution >= 4 is 11.4 Å². The molecule has 0 bridgehead atoms. The number of fused-ring (bicyclic) bond motifs is 1. The van der Waals surface area contributed by atoms with Gasteiger partial charge >= 0.3 is 0 Å². The van der Waals surface area contributed by atoms with E-state index in [1.165, 1.54) is 54.9 Å². The lowest BCUT2D eigenvalue weighted by atomic mass is 9.98. The quantitative estimate of drug-likeness (QED) is 0.937.